The second-order valence-electron chi connectivity index (χ2n) is 17.5. The third kappa shape index (κ3) is 10.3. The van der Waals surface area contributed by atoms with Crippen LogP contribution >= 0.6 is 0 Å². The molecule has 72 heavy (non-hydrogen) atoms. The lowest BCUT2D eigenvalue weighted by atomic mass is 10.0. The summed E-state index contributed by atoms with van der Waals surface area (Å²) in [5.74, 6) is -0.0849. The fourth-order valence-electron chi connectivity index (χ4n) is 9.05. The molecule has 0 saturated heterocycles. The Morgan fingerprint density at radius 2 is 0.542 bits per heavy atom. The molecule has 0 aliphatic heterocycles. The summed E-state index contributed by atoms with van der Waals surface area (Å²) in [5, 5.41) is 2.70. The molecule has 0 aromatic heterocycles. The molecule has 0 bridgehead atoms. The van der Waals surface area contributed by atoms with Crippen LogP contribution in [0.3, 0.4) is 0 Å². The van der Waals surface area contributed by atoms with Gasteiger partial charge in [-0.05, 0) is 182 Å². The van der Waals surface area contributed by atoms with E-state index in [0.29, 0.717) is 11.1 Å². The minimum atomic E-state index is -0.128. The van der Waals surface area contributed by atoms with Crippen molar-refractivity contribution in [2.75, 3.05) is 26.6 Å². The fourth-order valence-corrected chi connectivity index (χ4v) is 9.05. The standard InChI is InChI=1S/C65H53N5O2/c1-48-23-31-56(32-24-48)67(52-15-7-3-8-16-52)60-39-41-61(42-40-60)68(53-17-9-4-10-18-53)57-33-25-49(26-34-57)47-64(71)50-27-35-58(36-28-50)69(54-19-11-5-12-20-54)62-43-45-63(46-44-62)70(55-21-13-6-14-22-55)59-37-29-51(30-38-59)65(72)66-2/h3-46H,47H2,1-2H3,(H,66,72). The number of ketones is 1. The molecule has 1 amide bonds. The molecule has 0 fully saturated rings. The van der Waals surface area contributed by atoms with Gasteiger partial charge < -0.3 is 24.9 Å². The van der Waals surface area contributed by atoms with Gasteiger partial charge in [0, 0.05) is 92.8 Å². The first-order valence-corrected chi connectivity index (χ1v) is 24.1. The van der Waals surface area contributed by atoms with Crippen molar-refractivity contribution < 1.29 is 9.59 Å². The van der Waals surface area contributed by atoms with Crippen LogP contribution in [0.25, 0.3) is 0 Å². The molecule has 0 saturated carbocycles. The van der Waals surface area contributed by atoms with E-state index >= 15 is 0 Å². The Hall–Kier alpha value is -9.46. The van der Waals surface area contributed by atoms with Crippen molar-refractivity contribution in [3.8, 4) is 0 Å². The van der Waals surface area contributed by atoms with E-state index in [2.05, 4.69) is 202 Å². The first-order chi connectivity index (χ1) is 35.4. The van der Waals surface area contributed by atoms with E-state index in [-0.39, 0.29) is 18.1 Å². The summed E-state index contributed by atoms with van der Waals surface area (Å²) in [6.45, 7) is 2.11. The number of carbonyl (C=O) groups is 2. The number of carbonyl (C=O) groups excluding carboxylic acids is 2. The highest BCUT2D eigenvalue weighted by molar-refractivity contribution is 5.98. The molecule has 0 spiro atoms. The van der Waals surface area contributed by atoms with Gasteiger partial charge in [0.2, 0.25) is 0 Å². The van der Waals surface area contributed by atoms with Crippen LogP contribution < -0.4 is 24.9 Å². The number of hydrogen-bond donors (Lipinski definition) is 1. The molecule has 0 unspecified atom stereocenters. The van der Waals surface area contributed by atoms with Gasteiger partial charge >= 0.3 is 0 Å². The van der Waals surface area contributed by atoms with Crippen LogP contribution in [-0.4, -0.2) is 18.7 Å². The van der Waals surface area contributed by atoms with Gasteiger partial charge in [0.05, 0.1) is 0 Å². The number of hydrogen-bond acceptors (Lipinski definition) is 6. The van der Waals surface area contributed by atoms with E-state index < -0.39 is 0 Å². The first kappa shape index (κ1) is 46.3. The third-order valence-corrected chi connectivity index (χ3v) is 12.7. The molecule has 10 rings (SSSR count). The van der Waals surface area contributed by atoms with Crippen molar-refractivity contribution in [1.82, 2.24) is 5.32 Å². The van der Waals surface area contributed by atoms with E-state index in [1.165, 1.54) is 5.56 Å². The van der Waals surface area contributed by atoms with E-state index in [1.54, 1.807) is 7.05 Å². The highest BCUT2D eigenvalue weighted by atomic mass is 16.1. The predicted octanol–water partition coefficient (Wildman–Crippen LogP) is 16.7. The Kier molecular flexibility index (Phi) is 13.8. The number of para-hydroxylation sites is 4. The van der Waals surface area contributed by atoms with Gasteiger partial charge in [0.15, 0.2) is 5.78 Å². The Labute approximate surface area is 422 Å². The zero-order chi connectivity index (χ0) is 49.2. The van der Waals surface area contributed by atoms with Crippen LogP contribution in [0.1, 0.15) is 31.8 Å². The van der Waals surface area contributed by atoms with E-state index in [4.69, 9.17) is 0 Å². The van der Waals surface area contributed by atoms with E-state index in [1.807, 2.05) is 97.1 Å². The number of amides is 1. The summed E-state index contributed by atoms with van der Waals surface area (Å²) in [7, 11) is 1.63. The van der Waals surface area contributed by atoms with Gasteiger partial charge in [-0.3, -0.25) is 9.59 Å². The number of benzene rings is 10. The smallest absolute Gasteiger partial charge is 0.251 e. The van der Waals surface area contributed by atoms with Crippen LogP contribution in [0.5, 0.6) is 0 Å². The Morgan fingerprint density at radius 1 is 0.306 bits per heavy atom. The Morgan fingerprint density at radius 3 is 0.833 bits per heavy atom. The average Bonchev–Trinajstić information content (AvgIpc) is 3.44. The molecule has 0 heterocycles. The van der Waals surface area contributed by atoms with Crippen molar-refractivity contribution in [3.63, 3.8) is 0 Å². The van der Waals surface area contributed by atoms with Crippen LogP contribution in [0.15, 0.2) is 267 Å². The van der Waals surface area contributed by atoms with Crippen molar-refractivity contribution >= 4 is 79.9 Å². The molecule has 7 heteroatoms. The lowest BCUT2D eigenvalue weighted by molar-refractivity contribution is 0.0961. The van der Waals surface area contributed by atoms with Crippen LogP contribution in [-0.2, 0) is 6.42 Å². The van der Waals surface area contributed by atoms with Crippen molar-refractivity contribution in [2.24, 2.45) is 0 Å². The molecule has 0 radical (unpaired) electrons. The molecule has 1 N–H and O–H groups in total. The number of aryl methyl sites for hydroxylation is 1. The topological polar surface area (TPSA) is 59.1 Å². The maximum Gasteiger partial charge on any atom is 0.251 e. The van der Waals surface area contributed by atoms with Gasteiger partial charge in [-0.2, -0.15) is 0 Å². The van der Waals surface area contributed by atoms with Crippen molar-refractivity contribution in [2.45, 2.75) is 13.3 Å². The highest BCUT2D eigenvalue weighted by Crippen LogP contribution is 2.41. The summed E-state index contributed by atoms with van der Waals surface area (Å²) in [4.78, 5) is 35.2. The highest BCUT2D eigenvalue weighted by Gasteiger charge is 2.19. The zero-order valence-electron chi connectivity index (χ0n) is 40.2. The van der Waals surface area contributed by atoms with Gasteiger partial charge in [-0.15, -0.1) is 0 Å². The van der Waals surface area contributed by atoms with Gasteiger partial charge in [-0.25, -0.2) is 0 Å². The fraction of sp³-hybridized carbons (Fsp3) is 0.0462. The molecule has 10 aromatic carbocycles. The number of anilines is 12. The monoisotopic (exact) mass is 935 g/mol. The summed E-state index contributed by atoms with van der Waals surface area (Å²) < 4.78 is 0. The normalized spacial score (nSPS) is 10.8. The molecular formula is C65H53N5O2. The molecule has 0 aliphatic carbocycles. The van der Waals surface area contributed by atoms with Gasteiger partial charge in [-0.1, -0.05) is 103 Å². The van der Waals surface area contributed by atoms with Gasteiger partial charge in [0.25, 0.3) is 5.91 Å². The van der Waals surface area contributed by atoms with Crippen molar-refractivity contribution in [1.29, 1.82) is 0 Å². The molecule has 10 aromatic rings. The maximum absolute atomic E-state index is 14.0. The Bertz CT molecular complexity index is 3350. The SMILES string of the molecule is CNC(=O)c1ccc(N(c2ccccc2)c2ccc(N(c3ccccc3)c3ccc(C(=O)Cc4ccc(N(c5ccccc5)c5ccc(N(c6ccccc6)c6ccc(C)cc6)cc5)cc4)cc3)cc2)cc1. The van der Waals surface area contributed by atoms with E-state index in [9.17, 15) is 9.59 Å². The van der Waals surface area contributed by atoms with E-state index in [0.717, 1.165) is 73.8 Å². The van der Waals surface area contributed by atoms with Gasteiger partial charge in [0.1, 0.15) is 0 Å². The molecule has 0 atom stereocenters. The summed E-state index contributed by atoms with van der Waals surface area (Å²) >= 11 is 0. The van der Waals surface area contributed by atoms with Crippen LogP contribution in [0.4, 0.5) is 68.2 Å². The maximum atomic E-state index is 14.0. The molecule has 7 nitrogen and oxygen atoms in total. The summed E-state index contributed by atoms with van der Waals surface area (Å²) in [6, 6.07) is 90.8. The molecular weight excluding hydrogens is 883 g/mol. The quantitative estimate of drug-likeness (QED) is 0.0974. The second-order valence-corrected chi connectivity index (χ2v) is 17.5. The first-order valence-electron chi connectivity index (χ1n) is 24.1. The number of Topliss-reactive ketones (excluding diaryl/α,β-unsaturated/α-hetero) is 1. The summed E-state index contributed by atoms with van der Waals surface area (Å²) in [5.41, 5.74) is 15.4. The number of nitrogens with one attached hydrogen (secondary N) is 1. The molecule has 350 valence electrons. The van der Waals surface area contributed by atoms with Crippen LogP contribution in [0, 0.1) is 6.92 Å². The Balaban J connectivity index is 0.876. The zero-order valence-corrected chi connectivity index (χ0v) is 40.2. The third-order valence-electron chi connectivity index (χ3n) is 12.7. The minimum absolute atomic E-state index is 0.0429. The summed E-state index contributed by atoms with van der Waals surface area (Å²) in [6.07, 6.45) is 0.268. The molecule has 0 aliphatic rings. The van der Waals surface area contributed by atoms with Crippen molar-refractivity contribution in [3.05, 3.63) is 289 Å². The number of nitrogens with zero attached hydrogens (tertiary/aromatic N) is 4. The largest absolute Gasteiger partial charge is 0.355 e. The average molecular weight is 936 g/mol. The number of rotatable bonds is 16. The second kappa shape index (κ2) is 21.5. The lowest BCUT2D eigenvalue weighted by Crippen LogP contribution is -2.18. The predicted molar refractivity (Wildman–Crippen MR) is 298 cm³/mol. The van der Waals surface area contributed by atoms with Crippen LogP contribution in [0.2, 0.25) is 0 Å². The lowest BCUT2D eigenvalue weighted by Gasteiger charge is -2.28. The minimum Gasteiger partial charge on any atom is -0.355 e.